The molecular weight excluding hydrogens is 1100 g/mol. The first-order valence-corrected chi connectivity index (χ1v) is 30.5. The number of para-hydroxylation sites is 4. The lowest BCUT2D eigenvalue weighted by molar-refractivity contribution is 0.669. The van der Waals surface area contributed by atoms with Crippen LogP contribution in [-0.4, -0.2) is 6.71 Å². The molecule has 0 saturated heterocycles. The van der Waals surface area contributed by atoms with Gasteiger partial charge in [0.1, 0.15) is 11.2 Å². The topological polar surface area (TPSA) is 46.7 Å². The summed E-state index contributed by atoms with van der Waals surface area (Å²) >= 11 is 3.48. The Balaban J connectivity index is 0.959. The Kier molecular flexibility index (Phi) is 10.9. The first kappa shape index (κ1) is 45.6. The van der Waals surface area contributed by atoms with Crippen molar-refractivity contribution in [2.75, 3.05) is 14.7 Å². The van der Waals surface area contributed by atoms with Crippen molar-refractivity contribution in [2.45, 2.75) is 9.79 Å². The number of rotatable bonds is 10. The molecule has 0 amide bonds. The maximum atomic E-state index is 10.0. The monoisotopic (exact) mass is 1150 g/mol. The number of anilines is 9. The summed E-state index contributed by atoms with van der Waals surface area (Å²) in [6, 6.07) is 93.4. The Morgan fingerprint density at radius 2 is 1.05 bits per heavy atom. The van der Waals surface area contributed by atoms with Gasteiger partial charge in [-0.3, -0.25) is 0 Å². The van der Waals surface area contributed by atoms with E-state index in [0.29, 0.717) is 16.9 Å². The van der Waals surface area contributed by atoms with Crippen LogP contribution in [0, 0.1) is 11.3 Å². The molecule has 0 radical (unpaired) electrons. The van der Waals surface area contributed by atoms with Gasteiger partial charge in [-0.15, -0.1) is 11.3 Å². The third-order valence-electron chi connectivity index (χ3n) is 17.0. The molecule has 4 heterocycles. The van der Waals surface area contributed by atoms with E-state index in [9.17, 15) is 8.00 Å². The third kappa shape index (κ3) is 8.46. The summed E-state index contributed by atoms with van der Waals surface area (Å²) in [4.78, 5) is 8.56. The summed E-state index contributed by atoms with van der Waals surface area (Å²) in [5.41, 5.74) is 18.7. The Morgan fingerprint density at radius 3 is 1.75 bits per heavy atom. The number of nitrogens with zero attached hydrogens (tertiary/aromatic N) is 4. The van der Waals surface area contributed by atoms with Gasteiger partial charge in [0, 0.05) is 97.4 Å². The van der Waals surface area contributed by atoms with Gasteiger partial charge in [0.2, 0.25) is 6.71 Å². The fourth-order valence-corrected chi connectivity index (χ4v) is 15.6. The molecule has 0 bridgehead atoms. The molecule has 5 nitrogen and oxygen atoms in total. The van der Waals surface area contributed by atoms with Crippen LogP contribution in [0.4, 0.5) is 51.2 Å². The number of hydrogen-bond acceptors (Lipinski definition) is 7. The zero-order valence-electron chi connectivity index (χ0n) is 51.5. The molecule has 0 unspecified atom stereocenters. The SMILES string of the molecule is [2H]c1c([2H])c([2H])c(N(c2ccccc2)c2ccc3c(c2)Sc2cc(-c4ccc5c(c4)oc4ccc6sc7ccccc7c6c45)cc4c2B3c2ccc(N(c3ccccc3)c3ccc(C#N)cc3)cc2N4c2c(-c3ccccc3)cccc2-c2ccccc2)c([2H])c1[2H]. The number of nitriles is 1. The summed E-state index contributed by atoms with van der Waals surface area (Å²) in [7, 11) is 0. The number of fused-ring (bicyclic) bond motifs is 11. The van der Waals surface area contributed by atoms with Crippen LogP contribution in [0.2, 0.25) is 0 Å². The number of benzene rings is 13. The van der Waals surface area contributed by atoms with E-state index < -0.39 is 18.1 Å². The predicted molar refractivity (Wildman–Crippen MR) is 367 cm³/mol. The molecule has 0 fully saturated rings. The van der Waals surface area contributed by atoms with Crippen molar-refractivity contribution >= 4 is 139 Å². The van der Waals surface area contributed by atoms with Gasteiger partial charge in [-0.25, -0.2) is 0 Å². The van der Waals surface area contributed by atoms with Crippen molar-refractivity contribution in [1.82, 2.24) is 0 Å². The van der Waals surface area contributed by atoms with Crippen molar-refractivity contribution in [3.63, 3.8) is 0 Å². The second-order valence-electron chi connectivity index (χ2n) is 21.9. The van der Waals surface area contributed by atoms with Gasteiger partial charge < -0.3 is 19.1 Å². The molecule has 87 heavy (non-hydrogen) atoms. The highest BCUT2D eigenvalue weighted by molar-refractivity contribution is 8.00. The van der Waals surface area contributed by atoms with E-state index >= 15 is 0 Å². The molecule has 0 saturated carbocycles. The lowest BCUT2D eigenvalue weighted by Crippen LogP contribution is -2.60. The molecule has 0 N–H and O–H groups in total. The van der Waals surface area contributed by atoms with Crippen LogP contribution in [0.3, 0.4) is 0 Å². The van der Waals surface area contributed by atoms with Crippen molar-refractivity contribution < 1.29 is 11.3 Å². The average molecular weight is 1150 g/mol. The van der Waals surface area contributed by atoms with Gasteiger partial charge in [-0.05, 0) is 161 Å². The Bertz CT molecular complexity index is 5460. The van der Waals surface area contributed by atoms with E-state index in [0.717, 1.165) is 116 Å². The lowest BCUT2D eigenvalue weighted by atomic mass is 9.34. The summed E-state index contributed by atoms with van der Waals surface area (Å²) in [5, 5.41) is 14.6. The smallest absolute Gasteiger partial charge is 0.249 e. The highest BCUT2D eigenvalue weighted by Crippen LogP contribution is 2.52. The van der Waals surface area contributed by atoms with Gasteiger partial charge in [-0.1, -0.05) is 187 Å². The maximum absolute atomic E-state index is 10.0. The minimum Gasteiger partial charge on any atom is -0.456 e. The zero-order chi connectivity index (χ0) is 61.9. The number of hydrogen-bond donors (Lipinski definition) is 0. The van der Waals surface area contributed by atoms with Gasteiger partial charge in [-0.2, -0.15) is 5.26 Å². The van der Waals surface area contributed by atoms with Crippen LogP contribution in [0.5, 0.6) is 0 Å². The molecule has 17 rings (SSSR count). The molecule has 406 valence electrons. The first-order valence-electron chi connectivity index (χ1n) is 31.4. The van der Waals surface area contributed by atoms with Gasteiger partial charge in [0.25, 0.3) is 0 Å². The maximum Gasteiger partial charge on any atom is 0.249 e. The van der Waals surface area contributed by atoms with Crippen LogP contribution >= 0.6 is 23.1 Å². The fraction of sp³-hybridized carbons (Fsp3) is 0. The molecule has 0 spiro atoms. The van der Waals surface area contributed by atoms with Crippen LogP contribution in [-0.2, 0) is 0 Å². The quantitative estimate of drug-likeness (QED) is 0.127. The molecule has 2 aromatic heterocycles. The van der Waals surface area contributed by atoms with Crippen LogP contribution in [0.15, 0.2) is 311 Å². The first-order chi connectivity index (χ1) is 45.2. The van der Waals surface area contributed by atoms with E-state index in [-0.39, 0.29) is 24.5 Å². The van der Waals surface area contributed by atoms with E-state index in [1.165, 1.54) is 20.2 Å². The molecule has 15 aromatic rings. The summed E-state index contributed by atoms with van der Waals surface area (Å²) < 4.78 is 54.3. The Morgan fingerprint density at radius 1 is 0.425 bits per heavy atom. The predicted octanol–water partition coefficient (Wildman–Crippen LogP) is 20.5. The highest BCUT2D eigenvalue weighted by Gasteiger charge is 2.43. The minimum absolute atomic E-state index is 0.0598. The lowest BCUT2D eigenvalue weighted by Gasteiger charge is -2.42. The van der Waals surface area contributed by atoms with Crippen molar-refractivity contribution in [3.8, 4) is 39.4 Å². The number of thiophene rings is 1. The molecule has 0 atom stereocenters. The van der Waals surface area contributed by atoms with Crippen molar-refractivity contribution in [1.29, 1.82) is 5.26 Å². The minimum atomic E-state index is -0.451. The standard InChI is InChI=1S/C79H49BN4OS2/c81-50-51-33-36-59(37-34-51)83(58-27-14-5-15-28-58)60-38-41-66-68(48-60)84(79-62(52-19-6-1-7-20-52)30-18-31-63(79)53-21-8-2-9-22-53)69-45-55(54-35-40-64-71(46-54)85-70-43-44-73-77(76(64)70)65-29-16-17-32-72(65)86-73)47-75-78(69)80(66)67-42-39-61(49-74(67)87-75)82(56-23-10-3-11-24-56)57-25-12-4-13-26-57/h1-49H/i3D,10D,11D,23D,24D. The molecule has 2 aliphatic heterocycles. The van der Waals surface area contributed by atoms with Crippen LogP contribution in [0.1, 0.15) is 12.4 Å². The highest BCUT2D eigenvalue weighted by atomic mass is 32.2. The average Bonchev–Trinajstić information content (AvgIpc) is 0.742. The summed E-state index contributed by atoms with van der Waals surface area (Å²) in [6.45, 7) is -0.324. The van der Waals surface area contributed by atoms with Crippen LogP contribution < -0.4 is 31.1 Å². The normalized spacial score (nSPS) is 13.1. The van der Waals surface area contributed by atoms with Gasteiger partial charge in [0.15, 0.2) is 0 Å². The van der Waals surface area contributed by atoms with Gasteiger partial charge in [0.05, 0.1) is 24.2 Å². The molecule has 2 aliphatic rings. The second kappa shape index (κ2) is 20.8. The molecule has 8 heteroatoms. The summed E-state index contributed by atoms with van der Waals surface area (Å²) in [5.74, 6) is 0. The Hall–Kier alpha value is -10.8. The van der Waals surface area contributed by atoms with Gasteiger partial charge >= 0.3 is 0 Å². The fourth-order valence-electron chi connectivity index (χ4n) is 13.2. The number of furan rings is 1. The largest absolute Gasteiger partial charge is 0.456 e. The zero-order valence-corrected chi connectivity index (χ0v) is 48.1. The molecule has 0 aliphatic carbocycles. The van der Waals surface area contributed by atoms with E-state index in [4.69, 9.17) is 8.53 Å². The second-order valence-corrected chi connectivity index (χ2v) is 24.0. The van der Waals surface area contributed by atoms with Crippen molar-refractivity contribution in [3.05, 3.63) is 303 Å². The Labute approximate surface area is 519 Å². The van der Waals surface area contributed by atoms with E-state index in [1.807, 2.05) is 78.9 Å². The van der Waals surface area contributed by atoms with E-state index in [1.54, 1.807) is 28.0 Å². The molecular formula is C79H49BN4OS2. The third-order valence-corrected chi connectivity index (χ3v) is 19.3. The molecule has 13 aromatic carbocycles. The van der Waals surface area contributed by atoms with Crippen molar-refractivity contribution in [2.24, 2.45) is 0 Å². The summed E-state index contributed by atoms with van der Waals surface area (Å²) in [6.07, 6.45) is 0. The van der Waals surface area contributed by atoms with E-state index in [2.05, 4.69) is 204 Å². The van der Waals surface area contributed by atoms with Crippen LogP contribution in [0.25, 0.3) is 75.5 Å².